The Morgan fingerprint density at radius 3 is 2.91 bits per heavy atom. The predicted molar refractivity (Wildman–Crippen MR) is 84.1 cm³/mol. The van der Waals surface area contributed by atoms with Crippen LogP contribution in [0.25, 0.3) is 0 Å². The molecular formula is C16H17FN2O2S. The van der Waals surface area contributed by atoms with Crippen molar-refractivity contribution in [3.63, 3.8) is 0 Å². The molecule has 0 unspecified atom stereocenters. The molecule has 2 aromatic rings. The molecule has 4 nitrogen and oxygen atoms in total. The lowest BCUT2D eigenvalue weighted by Crippen LogP contribution is -2.23. The summed E-state index contributed by atoms with van der Waals surface area (Å²) in [5.41, 5.74) is 0.937. The van der Waals surface area contributed by atoms with Gasteiger partial charge in [-0.05, 0) is 31.4 Å². The van der Waals surface area contributed by atoms with E-state index in [4.69, 9.17) is 0 Å². The van der Waals surface area contributed by atoms with Crippen molar-refractivity contribution < 1.29 is 14.3 Å². The van der Waals surface area contributed by atoms with Gasteiger partial charge >= 0.3 is 0 Å². The number of carbonyl (C=O) groups excluding carboxylic acids is 1. The summed E-state index contributed by atoms with van der Waals surface area (Å²) in [5.74, 6) is -1.51. The Balaban J connectivity index is 1.85. The Morgan fingerprint density at radius 2 is 2.23 bits per heavy atom. The molecule has 0 saturated carbocycles. The van der Waals surface area contributed by atoms with Crippen LogP contribution in [0.4, 0.5) is 9.52 Å². The molecule has 1 aromatic heterocycles. The minimum Gasteiger partial charge on any atom is -0.508 e. The van der Waals surface area contributed by atoms with Crippen LogP contribution < -0.4 is 5.32 Å². The van der Waals surface area contributed by atoms with E-state index in [1.165, 1.54) is 28.3 Å². The molecule has 1 heterocycles. The lowest BCUT2D eigenvalue weighted by molar-refractivity contribution is 0.102. The number of phenols is 1. The molecule has 0 aliphatic heterocycles. The van der Waals surface area contributed by atoms with Crippen molar-refractivity contribution in [3.05, 3.63) is 40.2 Å². The number of carbonyl (C=O) groups is 1. The van der Waals surface area contributed by atoms with Crippen LogP contribution in [0.5, 0.6) is 5.75 Å². The number of benzene rings is 1. The number of aromatic hydroxyl groups is 1. The number of nitrogens with one attached hydrogen (secondary N) is 1. The zero-order valence-electron chi connectivity index (χ0n) is 12.4. The summed E-state index contributed by atoms with van der Waals surface area (Å²) in [7, 11) is 0. The van der Waals surface area contributed by atoms with Crippen molar-refractivity contribution in [1.82, 2.24) is 4.98 Å². The highest BCUT2D eigenvalue weighted by molar-refractivity contribution is 7.15. The minimum atomic E-state index is -0.751. The first-order valence-electron chi connectivity index (χ1n) is 7.17. The van der Waals surface area contributed by atoms with Gasteiger partial charge in [0.25, 0.3) is 5.91 Å². The standard InChI is InChI=1S/C16H17FN2O2S/c1-16(2)7-3-4-12-13(16)18-15(22-12)19-14(21)10-6-5-9(20)8-11(10)17/h5-6,8,20H,3-4,7H2,1-2H3,(H,18,19,21). The van der Waals surface area contributed by atoms with Crippen molar-refractivity contribution >= 4 is 22.4 Å². The second-order valence-corrected chi connectivity index (χ2v) is 7.23. The Kier molecular flexibility index (Phi) is 3.64. The predicted octanol–water partition coefficient (Wildman–Crippen LogP) is 3.85. The van der Waals surface area contributed by atoms with Gasteiger partial charge in [0.15, 0.2) is 5.13 Å². The van der Waals surface area contributed by atoms with Crippen molar-refractivity contribution in [1.29, 1.82) is 0 Å². The van der Waals surface area contributed by atoms with E-state index in [-0.39, 0.29) is 16.7 Å². The number of hydrogen-bond acceptors (Lipinski definition) is 4. The number of thiazole rings is 1. The smallest absolute Gasteiger partial charge is 0.260 e. The van der Waals surface area contributed by atoms with E-state index in [0.717, 1.165) is 31.0 Å². The Morgan fingerprint density at radius 1 is 1.45 bits per heavy atom. The molecule has 0 fully saturated rings. The average molecular weight is 320 g/mol. The third kappa shape index (κ3) is 2.70. The molecular weight excluding hydrogens is 303 g/mol. The second-order valence-electron chi connectivity index (χ2n) is 6.15. The number of hydrogen-bond donors (Lipinski definition) is 2. The average Bonchev–Trinajstić information content (AvgIpc) is 2.82. The fourth-order valence-electron chi connectivity index (χ4n) is 2.77. The highest BCUT2D eigenvalue weighted by Gasteiger charge is 2.31. The van der Waals surface area contributed by atoms with E-state index in [9.17, 15) is 14.3 Å². The topological polar surface area (TPSA) is 62.2 Å². The largest absolute Gasteiger partial charge is 0.508 e. The van der Waals surface area contributed by atoms with Gasteiger partial charge in [-0.1, -0.05) is 13.8 Å². The van der Waals surface area contributed by atoms with E-state index in [1.54, 1.807) is 0 Å². The number of anilines is 1. The lowest BCUT2D eigenvalue weighted by Gasteiger charge is -2.27. The summed E-state index contributed by atoms with van der Waals surface area (Å²) >= 11 is 1.45. The maximum atomic E-state index is 13.7. The number of nitrogens with zero attached hydrogens (tertiary/aromatic N) is 1. The molecule has 2 N–H and O–H groups in total. The first kappa shape index (κ1) is 15.0. The van der Waals surface area contributed by atoms with Crippen LogP contribution in [-0.4, -0.2) is 16.0 Å². The van der Waals surface area contributed by atoms with E-state index >= 15 is 0 Å². The molecule has 0 radical (unpaired) electrons. The minimum absolute atomic E-state index is 0.0108. The number of fused-ring (bicyclic) bond motifs is 1. The summed E-state index contributed by atoms with van der Waals surface area (Å²) in [6.07, 6.45) is 3.16. The summed E-state index contributed by atoms with van der Waals surface area (Å²) in [5, 5.41) is 12.4. The SMILES string of the molecule is CC1(C)CCCc2sc(NC(=O)c3ccc(O)cc3F)nc21. The summed E-state index contributed by atoms with van der Waals surface area (Å²) in [6, 6.07) is 3.47. The summed E-state index contributed by atoms with van der Waals surface area (Å²) in [6.45, 7) is 4.30. The molecule has 6 heteroatoms. The monoisotopic (exact) mass is 320 g/mol. The third-order valence-corrected chi connectivity index (χ3v) is 4.99. The second kappa shape index (κ2) is 5.35. The van der Waals surface area contributed by atoms with Crippen molar-refractivity contribution in [2.24, 2.45) is 0 Å². The Labute approximate surface area is 132 Å². The highest BCUT2D eigenvalue weighted by atomic mass is 32.1. The molecule has 0 atom stereocenters. The molecule has 116 valence electrons. The van der Waals surface area contributed by atoms with Crippen LogP contribution in [0.15, 0.2) is 18.2 Å². The third-order valence-electron chi connectivity index (χ3n) is 3.96. The molecule has 1 amide bonds. The van der Waals surface area contributed by atoms with Crippen molar-refractivity contribution in [3.8, 4) is 5.75 Å². The lowest BCUT2D eigenvalue weighted by atomic mass is 9.79. The summed E-state index contributed by atoms with van der Waals surface area (Å²) < 4.78 is 13.7. The first-order chi connectivity index (χ1) is 10.4. The molecule has 0 saturated heterocycles. The van der Waals surface area contributed by atoms with Gasteiger partial charge in [0.2, 0.25) is 0 Å². The van der Waals surface area contributed by atoms with Gasteiger partial charge < -0.3 is 5.11 Å². The van der Waals surface area contributed by atoms with Gasteiger partial charge in [-0.15, -0.1) is 11.3 Å². The quantitative estimate of drug-likeness (QED) is 0.883. The maximum absolute atomic E-state index is 13.7. The highest BCUT2D eigenvalue weighted by Crippen LogP contribution is 2.40. The normalized spacial score (nSPS) is 16.1. The van der Waals surface area contributed by atoms with Gasteiger partial charge in [0.1, 0.15) is 11.6 Å². The van der Waals surface area contributed by atoms with Gasteiger partial charge in [-0.3, -0.25) is 10.1 Å². The molecule has 1 aliphatic rings. The van der Waals surface area contributed by atoms with Crippen LogP contribution in [-0.2, 0) is 11.8 Å². The van der Waals surface area contributed by atoms with E-state index in [0.29, 0.717) is 5.13 Å². The zero-order chi connectivity index (χ0) is 15.9. The first-order valence-corrected chi connectivity index (χ1v) is 7.98. The van der Waals surface area contributed by atoms with Crippen LogP contribution in [0.3, 0.4) is 0 Å². The zero-order valence-corrected chi connectivity index (χ0v) is 13.3. The van der Waals surface area contributed by atoms with Gasteiger partial charge in [-0.2, -0.15) is 0 Å². The van der Waals surface area contributed by atoms with E-state index in [1.807, 2.05) is 0 Å². The van der Waals surface area contributed by atoms with Gasteiger partial charge in [-0.25, -0.2) is 9.37 Å². The van der Waals surface area contributed by atoms with Crippen molar-refractivity contribution in [2.45, 2.75) is 38.5 Å². The molecule has 1 aromatic carbocycles. The van der Waals surface area contributed by atoms with Crippen LogP contribution in [0, 0.1) is 5.82 Å². The Hall–Kier alpha value is -1.95. The fourth-order valence-corrected chi connectivity index (χ4v) is 3.94. The van der Waals surface area contributed by atoms with Crippen LogP contribution >= 0.6 is 11.3 Å². The van der Waals surface area contributed by atoms with E-state index in [2.05, 4.69) is 24.1 Å². The molecule has 1 aliphatic carbocycles. The number of aryl methyl sites for hydroxylation is 1. The maximum Gasteiger partial charge on any atom is 0.260 e. The summed E-state index contributed by atoms with van der Waals surface area (Å²) in [4.78, 5) is 17.9. The van der Waals surface area contributed by atoms with Crippen molar-refractivity contribution in [2.75, 3.05) is 5.32 Å². The number of phenolic OH excluding ortho intramolecular Hbond substituents is 1. The van der Waals surface area contributed by atoms with Gasteiger partial charge in [0, 0.05) is 16.4 Å². The molecule has 0 bridgehead atoms. The van der Waals surface area contributed by atoms with Crippen LogP contribution in [0.2, 0.25) is 0 Å². The number of amides is 1. The number of rotatable bonds is 2. The molecule has 3 rings (SSSR count). The number of halogens is 1. The number of aromatic nitrogens is 1. The molecule has 22 heavy (non-hydrogen) atoms. The van der Waals surface area contributed by atoms with Gasteiger partial charge in [0.05, 0.1) is 11.3 Å². The van der Waals surface area contributed by atoms with E-state index < -0.39 is 11.7 Å². The Bertz CT molecular complexity index is 740. The van der Waals surface area contributed by atoms with Crippen LogP contribution in [0.1, 0.15) is 47.6 Å². The molecule has 0 spiro atoms. The fraction of sp³-hybridized carbons (Fsp3) is 0.375.